The number of carbonyl (C=O) groups is 1. The monoisotopic (exact) mass is 329 g/mol. The maximum atomic E-state index is 14.0. The van der Waals surface area contributed by atoms with Crippen molar-refractivity contribution in [3.63, 3.8) is 0 Å². The standard InChI is InChI=1S/C19H17F2NO2/c1-12-15(4-3-5-16(12)21)19(18(23)24-2)9-8-13(10-19)17-7-6-14(20)11-22-17/h3-7,10-11H,8-9H2,1-2H3. The molecule has 1 aromatic heterocycles. The van der Waals surface area contributed by atoms with Gasteiger partial charge >= 0.3 is 5.97 Å². The molecule has 0 radical (unpaired) electrons. The van der Waals surface area contributed by atoms with Crippen molar-refractivity contribution >= 4 is 11.5 Å². The lowest BCUT2D eigenvalue weighted by atomic mass is 9.78. The minimum Gasteiger partial charge on any atom is -0.468 e. The molecule has 0 bridgehead atoms. The second kappa shape index (κ2) is 6.15. The number of allylic oxidation sites excluding steroid dienone is 1. The summed E-state index contributed by atoms with van der Waals surface area (Å²) >= 11 is 0. The zero-order valence-corrected chi connectivity index (χ0v) is 13.5. The number of aromatic nitrogens is 1. The summed E-state index contributed by atoms with van der Waals surface area (Å²) in [6.45, 7) is 1.65. The van der Waals surface area contributed by atoms with Gasteiger partial charge in [0.1, 0.15) is 17.0 Å². The van der Waals surface area contributed by atoms with E-state index in [1.807, 2.05) is 0 Å². The van der Waals surface area contributed by atoms with Gasteiger partial charge in [-0.1, -0.05) is 18.2 Å². The first kappa shape index (κ1) is 16.3. The number of halogens is 2. The summed E-state index contributed by atoms with van der Waals surface area (Å²) in [6.07, 6.45) is 3.95. The SMILES string of the molecule is COC(=O)C1(c2cccc(F)c2C)C=C(c2ccc(F)cn2)CC1. The number of pyridine rings is 1. The van der Waals surface area contributed by atoms with Crippen molar-refractivity contribution in [2.75, 3.05) is 7.11 Å². The molecule has 124 valence electrons. The number of nitrogens with zero attached hydrogens (tertiary/aromatic N) is 1. The van der Waals surface area contributed by atoms with Crippen LogP contribution < -0.4 is 0 Å². The molecule has 1 unspecified atom stereocenters. The van der Waals surface area contributed by atoms with Crippen LogP contribution in [0.5, 0.6) is 0 Å². The van der Waals surface area contributed by atoms with Gasteiger partial charge in [0.05, 0.1) is 19.0 Å². The molecule has 0 N–H and O–H groups in total. The first-order valence-electron chi connectivity index (χ1n) is 7.65. The fourth-order valence-corrected chi connectivity index (χ4v) is 3.30. The average molecular weight is 329 g/mol. The number of ether oxygens (including phenoxy) is 1. The van der Waals surface area contributed by atoms with E-state index in [0.29, 0.717) is 29.7 Å². The Labute approximate surface area is 139 Å². The van der Waals surface area contributed by atoms with Crippen LogP contribution in [0.25, 0.3) is 5.57 Å². The van der Waals surface area contributed by atoms with Crippen LogP contribution in [0.4, 0.5) is 8.78 Å². The number of hydrogen-bond donors (Lipinski definition) is 0. The molecule has 0 aliphatic heterocycles. The molecule has 1 aliphatic carbocycles. The zero-order valence-electron chi connectivity index (χ0n) is 13.5. The number of hydrogen-bond acceptors (Lipinski definition) is 3. The zero-order chi connectivity index (χ0) is 17.3. The van der Waals surface area contributed by atoms with Gasteiger partial charge < -0.3 is 4.74 Å². The van der Waals surface area contributed by atoms with Gasteiger partial charge in [0.2, 0.25) is 0 Å². The smallest absolute Gasteiger partial charge is 0.320 e. The van der Waals surface area contributed by atoms with Crippen molar-refractivity contribution in [1.82, 2.24) is 4.98 Å². The van der Waals surface area contributed by atoms with Crippen molar-refractivity contribution in [2.24, 2.45) is 0 Å². The van der Waals surface area contributed by atoms with Gasteiger partial charge in [-0.15, -0.1) is 0 Å². The highest BCUT2D eigenvalue weighted by molar-refractivity contribution is 5.91. The largest absolute Gasteiger partial charge is 0.468 e. The maximum absolute atomic E-state index is 14.0. The summed E-state index contributed by atoms with van der Waals surface area (Å²) < 4.78 is 32.1. The minimum absolute atomic E-state index is 0.363. The number of methoxy groups -OCH3 is 1. The van der Waals surface area contributed by atoms with Crippen molar-refractivity contribution in [3.05, 3.63) is 71.1 Å². The normalized spacial score (nSPS) is 19.9. The molecule has 1 heterocycles. The van der Waals surface area contributed by atoms with Crippen LogP contribution in [0.15, 0.2) is 42.6 Å². The van der Waals surface area contributed by atoms with Gasteiger partial charge in [0, 0.05) is 0 Å². The van der Waals surface area contributed by atoms with E-state index >= 15 is 0 Å². The Morgan fingerprint density at radius 2 is 2.04 bits per heavy atom. The number of carbonyl (C=O) groups excluding carboxylic acids is 1. The van der Waals surface area contributed by atoms with Crippen LogP contribution in [0, 0.1) is 18.6 Å². The molecule has 1 aliphatic rings. The molecule has 5 heteroatoms. The van der Waals surface area contributed by atoms with Crippen LogP contribution in [-0.2, 0) is 14.9 Å². The third-order valence-corrected chi connectivity index (χ3v) is 4.56. The molecule has 1 aromatic carbocycles. The summed E-state index contributed by atoms with van der Waals surface area (Å²) in [4.78, 5) is 16.6. The van der Waals surface area contributed by atoms with Crippen LogP contribution in [0.3, 0.4) is 0 Å². The molecule has 1 atom stereocenters. The third-order valence-electron chi connectivity index (χ3n) is 4.56. The topological polar surface area (TPSA) is 39.2 Å². The maximum Gasteiger partial charge on any atom is 0.320 e. The lowest BCUT2D eigenvalue weighted by molar-refractivity contribution is -0.145. The van der Waals surface area contributed by atoms with E-state index in [9.17, 15) is 13.6 Å². The molecule has 0 spiro atoms. The predicted octanol–water partition coefficient (Wildman–Crippen LogP) is 3.96. The van der Waals surface area contributed by atoms with Crippen LogP contribution in [-0.4, -0.2) is 18.1 Å². The Kier molecular flexibility index (Phi) is 4.18. The van der Waals surface area contributed by atoms with Gasteiger partial charge in [0.15, 0.2) is 0 Å². The average Bonchev–Trinajstić information content (AvgIpc) is 3.03. The van der Waals surface area contributed by atoms with E-state index in [1.54, 1.807) is 31.2 Å². The van der Waals surface area contributed by atoms with Crippen LogP contribution in [0.1, 0.15) is 29.7 Å². The van der Waals surface area contributed by atoms with E-state index in [4.69, 9.17) is 4.74 Å². The third kappa shape index (κ3) is 2.60. The highest BCUT2D eigenvalue weighted by Crippen LogP contribution is 2.44. The molecule has 3 rings (SSSR count). The van der Waals surface area contributed by atoms with Gasteiger partial charge in [-0.05, 0) is 54.7 Å². The van der Waals surface area contributed by atoms with Gasteiger partial charge in [-0.25, -0.2) is 8.78 Å². The Hall–Kier alpha value is -2.56. The van der Waals surface area contributed by atoms with E-state index in [-0.39, 0.29) is 5.82 Å². The highest BCUT2D eigenvalue weighted by Gasteiger charge is 2.44. The summed E-state index contributed by atoms with van der Waals surface area (Å²) in [5.41, 5.74) is 1.39. The van der Waals surface area contributed by atoms with Gasteiger partial charge in [0.25, 0.3) is 0 Å². The molecule has 2 aromatic rings. The second-order valence-corrected chi connectivity index (χ2v) is 5.91. The lowest BCUT2D eigenvalue weighted by Gasteiger charge is -2.26. The molecule has 24 heavy (non-hydrogen) atoms. The summed E-state index contributed by atoms with van der Waals surface area (Å²) in [7, 11) is 1.32. The predicted molar refractivity (Wildman–Crippen MR) is 86.2 cm³/mol. The molecule has 0 amide bonds. The molecular formula is C19H17F2NO2. The number of benzene rings is 1. The summed E-state index contributed by atoms with van der Waals surface area (Å²) in [5, 5.41) is 0. The van der Waals surface area contributed by atoms with E-state index in [2.05, 4.69) is 4.98 Å². The van der Waals surface area contributed by atoms with Crippen LogP contribution >= 0.6 is 0 Å². The first-order valence-corrected chi connectivity index (χ1v) is 7.65. The molecule has 0 saturated carbocycles. The highest BCUT2D eigenvalue weighted by atomic mass is 19.1. The molecule has 0 fully saturated rings. The molecule has 0 saturated heterocycles. The molecule has 3 nitrogen and oxygen atoms in total. The van der Waals surface area contributed by atoms with E-state index in [1.165, 1.54) is 19.2 Å². The summed E-state index contributed by atoms with van der Waals surface area (Å²) in [6, 6.07) is 7.60. The van der Waals surface area contributed by atoms with E-state index < -0.39 is 17.2 Å². The van der Waals surface area contributed by atoms with Gasteiger partial charge in [-0.3, -0.25) is 9.78 Å². The Balaban J connectivity index is 2.13. The fraction of sp³-hybridized carbons (Fsp3) is 0.263. The minimum atomic E-state index is -1.05. The number of rotatable bonds is 3. The Bertz CT molecular complexity index is 815. The quantitative estimate of drug-likeness (QED) is 0.800. The Morgan fingerprint density at radius 3 is 2.71 bits per heavy atom. The van der Waals surface area contributed by atoms with Crippen molar-refractivity contribution in [2.45, 2.75) is 25.2 Å². The fourth-order valence-electron chi connectivity index (χ4n) is 3.30. The second-order valence-electron chi connectivity index (χ2n) is 5.91. The lowest BCUT2D eigenvalue weighted by Crippen LogP contribution is -2.34. The van der Waals surface area contributed by atoms with Gasteiger partial charge in [-0.2, -0.15) is 0 Å². The summed E-state index contributed by atoms with van der Waals surface area (Å²) in [5.74, 6) is -1.22. The molecular weight excluding hydrogens is 312 g/mol. The van der Waals surface area contributed by atoms with E-state index in [0.717, 1.165) is 11.8 Å². The van der Waals surface area contributed by atoms with Crippen LogP contribution in [0.2, 0.25) is 0 Å². The Morgan fingerprint density at radius 1 is 1.25 bits per heavy atom. The van der Waals surface area contributed by atoms with Crippen molar-refractivity contribution < 1.29 is 18.3 Å². The van der Waals surface area contributed by atoms with Crippen molar-refractivity contribution in [3.8, 4) is 0 Å². The first-order chi connectivity index (χ1) is 11.5. The van der Waals surface area contributed by atoms with Crippen molar-refractivity contribution in [1.29, 1.82) is 0 Å². The number of esters is 1.